The van der Waals surface area contributed by atoms with Gasteiger partial charge in [-0.25, -0.2) is 0 Å². The number of carbonyl (C=O) groups excluding carboxylic acids is 1. The molecule has 0 saturated heterocycles. The number of methoxy groups -OCH3 is 3. The standard InChI is InChI=1S/C26H24N2O5/c1-30-18-9-8-16-12-17(15-33-23(16)13-18)25-27-21-7-5-4-6-20(21)26(29)28(25)22-11-10-19(31-2)14-24(22)32-3/h4-14,25,27H,15H2,1-3H3/t25-/m1/s1. The van der Waals surface area contributed by atoms with E-state index in [1.807, 2.05) is 54.6 Å². The van der Waals surface area contributed by atoms with Gasteiger partial charge in [0.25, 0.3) is 5.91 Å². The van der Waals surface area contributed by atoms with Crippen LogP contribution in [0.25, 0.3) is 6.08 Å². The van der Waals surface area contributed by atoms with Gasteiger partial charge in [-0.1, -0.05) is 12.1 Å². The molecule has 1 N–H and O–H groups in total. The van der Waals surface area contributed by atoms with Crippen molar-refractivity contribution in [3.8, 4) is 23.0 Å². The number of anilines is 2. The van der Waals surface area contributed by atoms with Crippen LogP contribution in [0.4, 0.5) is 11.4 Å². The zero-order valence-electron chi connectivity index (χ0n) is 18.6. The van der Waals surface area contributed by atoms with E-state index in [-0.39, 0.29) is 5.91 Å². The first-order chi connectivity index (χ1) is 16.1. The van der Waals surface area contributed by atoms with Crippen LogP contribution in [-0.4, -0.2) is 40.0 Å². The van der Waals surface area contributed by atoms with Crippen LogP contribution in [0.3, 0.4) is 0 Å². The number of nitrogens with zero attached hydrogens (tertiary/aromatic N) is 1. The van der Waals surface area contributed by atoms with Gasteiger partial charge in [0.1, 0.15) is 35.8 Å². The molecule has 1 atom stereocenters. The smallest absolute Gasteiger partial charge is 0.262 e. The lowest BCUT2D eigenvalue weighted by Crippen LogP contribution is -2.51. The number of nitrogens with one attached hydrogen (secondary N) is 1. The maximum Gasteiger partial charge on any atom is 0.262 e. The molecule has 168 valence electrons. The number of ether oxygens (including phenoxy) is 4. The molecule has 3 aromatic carbocycles. The number of carbonyl (C=O) groups is 1. The third-order valence-corrected chi connectivity index (χ3v) is 5.88. The molecule has 2 heterocycles. The van der Waals surface area contributed by atoms with Crippen LogP contribution in [0.2, 0.25) is 0 Å². The summed E-state index contributed by atoms with van der Waals surface area (Å²) in [7, 11) is 4.80. The summed E-state index contributed by atoms with van der Waals surface area (Å²) in [5.41, 5.74) is 3.84. The van der Waals surface area contributed by atoms with Gasteiger partial charge in [0, 0.05) is 29.0 Å². The first kappa shape index (κ1) is 20.8. The number of hydrogen-bond donors (Lipinski definition) is 1. The Hall–Kier alpha value is -4.13. The minimum Gasteiger partial charge on any atom is -0.497 e. The van der Waals surface area contributed by atoms with Crippen LogP contribution in [0.5, 0.6) is 23.0 Å². The maximum absolute atomic E-state index is 13.7. The van der Waals surface area contributed by atoms with Crippen molar-refractivity contribution < 1.29 is 23.7 Å². The van der Waals surface area contributed by atoms with Crippen LogP contribution < -0.4 is 29.2 Å². The third-order valence-electron chi connectivity index (χ3n) is 5.88. The van der Waals surface area contributed by atoms with E-state index in [1.165, 1.54) is 0 Å². The van der Waals surface area contributed by atoms with Gasteiger partial charge in [-0.3, -0.25) is 9.69 Å². The highest BCUT2D eigenvalue weighted by Crippen LogP contribution is 2.40. The molecule has 2 aliphatic heterocycles. The normalized spacial score (nSPS) is 16.6. The van der Waals surface area contributed by atoms with Gasteiger partial charge in [0.2, 0.25) is 0 Å². The molecule has 0 aromatic heterocycles. The Labute approximate surface area is 192 Å². The van der Waals surface area contributed by atoms with Gasteiger partial charge in [0.15, 0.2) is 0 Å². The van der Waals surface area contributed by atoms with Crippen molar-refractivity contribution in [3.63, 3.8) is 0 Å². The summed E-state index contributed by atoms with van der Waals surface area (Å²) in [4.78, 5) is 15.4. The second-order valence-electron chi connectivity index (χ2n) is 7.72. The average molecular weight is 444 g/mol. The lowest BCUT2D eigenvalue weighted by Gasteiger charge is -2.40. The minimum absolute atomic E-state index is 0.126. The predicted octanol–water partition coefficient (Wildman–Crippen LogP) is 4.59. The van der Waals surface area contributed by atoms with E-state index in [0.29, 0.717) is 29.4 Å². The Balaban J connectivity index is 1.63. The van der Waals surface area contributed by atoms with Crippen molar-refractivity contribution in [1.29, 1.82) is 0 Å². The molecule has 0 bridgehead atoms. The molecule has 1 amide bonds. The van der Waals surface area contributed by atoms with E-state index in [2.05, 4.69) is 11.4 Å². The van der Waals surface area contributed by atoms with Gasteiger partial charge >= 0.3 is 0 Å². The fraction of sp³-hybridized carbons (Fsp3) is 0.192. The minimum atomic E-state index is -0.468. The van der Waals surface area contributed by atoms with E-state index in [9.17, 15) is 4.79 Å². The van der Waals surface area contributed by atoms with Gasteiger partial charge in [-0.2, -0.15) is 0 Å². The molecule has 7 nitrogen and oxygen atoms in total. The molecule has 0 fully saturated rings. The zero-order chi connectivity index (χ0) is 22.9. The first-order valence-corrected chi connectivity index (χ1v) is 10.6. The van der Waals surface area contributed by atoms with Gasteiger partial charge in [-0.15, -0.1) is 0 Å². The number of fused-ring (bicyclic) bond motifs is 2. The van der Waals surface area contributed by atoms with Crippen molar-refractivity contribution in [2.75, 3.05) is 38.2 Å². The Morgan fingerprint density at radius 3 is 2.48 bits per heavy atom. The second-order valence-corrected chi connectivity index (χ2v) is 7.72. The van der Waals surface area contributed by atoms with E-state index >= 15 is 0 Å². The molecule has 0 aliphatic carbocycles. The average Bonchev–Trinajstić information content (AvgIpc) is 2.87. The van der Waals surface area contributed by atoms with Crippen molar-refractivity contribution in [2.45, 2.75) is 6.17 Å². The highest BCUT2D eigenvalue weighted by Gasteiger charge is 2.37. The number of benzene rings is 3. The van der Waals surface area contributed by atoms with Crippen molar-refractivity contribution in [3.05, 3.63) is 77.4 Å². The number of amides is 1. The fourth-order valence-corrected chi connectivity index (χ4v) is 4.19. The molecular weight excluding hydrogens is 420 g/mol. The van der Waals surface area contributed by atoms with Crippen LogP contribution in [0.15, 0.2) is 66.2 Å². The Kier molecular flexibility index (Phi) is 5.30. The summed E-state index contributed by atoms with van der Waals surface area (Å²) in [6.45, 7) is 0.322. The molecule has 0 radical (unpaired) electrons. The quantitative estimate of drug-likeness (QED) is 0.621. The largest absolute Gasteiger partial charge is 0.497 e. The highest BCUT2D eigenvalue weighted by atomic mass is 16.5. The third kappa shape index (κ3) is 3.61. The van der Waals surface area contributed by atoms with Crippen molar-refractivity contribution in [1.82, 2.24) is 0 Å². The lowest BCUT2D eigenvalue weighted by atomic mass is 9.99. The molecule has 7 heteroatoms. The Morgan fingerprint density at radius 1 is 0.939 bits per heavy atom. The van der Waals surface area contributed by atoms with E-state index in [1.54, 1.807) is 32.3 Å². The predicted molar refractivity (Wildman–Crippen MR) is 127 cm³/mol. The van der Waals surface area contributed by atoms with Crippen LogP contribution >= 0.6 is 0 Å². The topological polar surface area (TPSA) is 69.3 Å². The summed E-state index contributed by atoms with van der Waals surface area (Å²) in [5.74, 6) is 2.54. The van der Waals surface area contributed by atoms with E-state index in [4.69, 9.17) is 18.9 Å². The van der Waals surface area contributed by atoms with Gasteiger partial charge in [-0.05, 0) is 42.5 Å². The monoisotopic (exact) mass is 444 g/mol. The van der Waals surface area contributed by atoms with Gasteiger partial charge in [0.05, 0.1) is 32.6 Å². The maximum atomic E-state index is 13.7. The van der Waals surface area contributed by atoms with Gasteiger partial charge < -0.3 is 24.3 Å². The number of para-hydroxylation sites is 1. The number of hydrogen-bond acceptors (Lipinski definition) is 6. The molecular formula is C26H24N2O5. The molecule has 2 aliphatic rings. The molecule has 0 spiro atoms. The molecule has 0 saturated carbocycles. The lowest BCUT2D eigenvalue weighted by molar-refractivity contribution is 0.0977. The van der Waals surface area contributed by atoms with Crippen LogP contribution in [0.1, 0.15) is 15.9 Å². The summed E-state index contributed by atoms with van der Waals surface area (Å²) < 4.78 is 22.3. The Bertz CT molecular complexity index is 1250. The Morgan fingerprint density at radius 2 is 1.70 bits per heavy atom. The van der Waals surface area contributed by atoms with Crippen molar-refractivity contribution in [2.24, 2.45) is 0 Å². The summed E-state index contributed by atoms with van der Waals surface area (Å²) in [5, 5.41) is 3.52. The summed E-state index contributed by atoms with van der Waals surface area (Å²) in [6.07, 6.45) is 1.59. The summed E-state index contributed by atoms with van der Waals surface area (Å²) >= 11 is 0. The van der Waals surface area contributed by atoms with Crippen LogP contribution in [-0.2, 0) is 0 Å². The molecule has 33 heavy (non-hydrogen) atoms. The zero-order valence-corrected chi connectivity index (χ0v) is 18.6. The molecule has 3 aromatic rings. The van der Waals surface area contributed by atoms with E-state index in [0.717, 1.165) is 28.3 Å². The summed E-state index contributed by atoms with van der Waals surface area (Å²) in [6, 6.07) is 18.6. The SMILES string of the molecule is COc1ccc2c(c1)OCC([C@@H]1Nc3ccccc3C(=O)N1c1ccc(OC)cc1OC)=C2. The fourth-order valence-electron chi connectivity index (χ4n) is 4.19. The molecule has 5 rings (SSSR count). The second kappa shape index (κ2) is 8.43. The highest BCUT2D eigenvalue weighted by molar-refractivity contribution is 6.13. The number of rotatable bonds is 5. The molecule has 0 unspecified atom stereocenters. The van der Waals surface area contributed by atoms with E-state index < -0.39 is 6.17 Å². The van der Waals surface area contributed by atoms with Crippen molar-refractivity contribution >= 4 is 23.4 Å². The van der Waals surface area contributed by atoms with Crippen LogP contribution in [0, 0.1) is 0 Å². The first-order valence-electron chi connectivity index (χ1n) is 10.6.